The molecule has 0 aliphatic carbocycles. The summed E-state index contributed by atoms with van der Waals surface area (Å²) in [5.41, 5.74) is 0.833. The van der Waals surface area contributed by atoms with E-state index in [9.17, 15) is 4.39 Å². The van der Waals surface area contributed by atoms with Crippen LogP contribution in [0.1, 0.15) is 19.4 Å². The maximum atomic E-state index is 13.8. The first-order valence-corrected chi connectivity index (χ1v) is 9.14. The number of nitrogens with zero attached hydrogens (tertiary/aromatic N) is 2. The molecule has 1 aromatic carbocycles. The Morgan fingerprint density at radius 3 is 2.62 bits per heavy atom. The molecule has 1 aliphatic rings. The third kappa shape index (κ3) is 5.85. The molecular weight excluding hydrogens is 335 g/mol. The van der Waals surface area contributed by atoms with Crippen LogP contribution in [0.4, 0.5) is 4.39 Å². The predicted octanol–water partition coefficient (Wildman–Crippen LogP) is 1.86. The van der Waals surface area contributed by atoms with Gasteiger partial charge in [-0.25, -0.2) is 4.39 Å². The van der Waals surface area contributed by atoms with Crippen molar-refractivity contribution in [1.29, 1.82) is 0 Å². The minimum Gasteiger partial charge on any atom is -0.494 e. The summed E-state index contributed by atoms with van der Waals surface area (Å²) in [6, 6.07) is 5.36. The Morgan fingerprint density at radius 1 is 1.31 bits per heavy atom. The van der Waals surface area contributed by atoms with Gasteiger partial charge in [0.15, 0.2) is 17.5 Å². The number of benzene rings is 1. The summed E-state index contributed by atoms with van der Waals surface area (Å²) in [7, 11) is 3.20. The van der Waals surface area contributed by atoms with Gasteiger partial charge in [-0.1, -0.05) is 19.9 Å². The van der Waals surface area contributed by atoms with E-state index in [1.807, 2.05) is 6.07 Å². The molecule has 146 valence electrons. The third-order valence-electron chi connectivity index (χ3n) is 4.66. The van der Waals surface area contributed by atoms with E-state index in [4.69, 9.17) is 9.47 Å². The number of nitrogens with one attached hydrogen (secondary N) is 2. The topological polar surface area (TPSA) is 58.1 Å². The second-order valence-corrected chi connectivity index (χ2v) is 6.74. The van der Waals surface area contributed by atoms with E-state index >= 15 is 0 Å². The van der Waals surface area contributed by atoms with Gasteiger partial charge in [-0.2, -0.15) is 0 Å². The van der Waals surface area contributed by atoms with Gasteiger partial charge in [-0.05, 0) is 23.6 Å². The molecule has 26 heavy (non-hydrogen) atoms. The van der Waals surface area contributed by atoms with Crippen molar-refractivity contribution in [3.8, 4) is 5.75 Å². The van der Waals surface area contributed by atoms with Crippen LogP contribution in [0.3, 0.4) is 0 Å². The number of hydrogen-bond acceptors (Lipinski definition) is 4. The van der Waals surface area contributed by atoms with E-state index < -0.39 is 0 Å². The van der Waals surface area contributed by atoms with Gasteiger partial charge in [0.25, 0.3) is 0 Å². The predicted molar refractivity (Wildman–Crippen MR) is 102 cm³/mol. The number of hydrogen-bond donors (Lipinski definition) is 2. The molecule has 2 N–H and O–H groups in total. The molecule has 1 saturated heterocycles. The number of guanidine groups is 1. The van der Waals surface area contributed by atoms with Crippen LogP contribution in [0.5, 0.6) is 5.75 Å². The molecule has 0 saturated carbocycles. The van der Waals surface area contributed by atoms with Gasteiger partial charge in [-0.15, -0.1) is 0 Å². The van der Waals surface area contributed by atoms with Gasteiger partial charge < -0.3 is 20.1 Å². The minimum atomic E-state index is -0.359. The van der Waals surface area contributed by atoms with Gasteiger partial charge in [-0.3, -0.25) is 9.89 Å². The molecular formula is C19H31FN4O2. The smallest absolute Gasteiger partial charge is 0.191 e. The first-order valence-electron chi connectivity index (χ1n) is 9.14. The fraction of sp³-hybridized carbons (Fsp3) is 0.632. The van der Waals surface area contributed by atoms with E-state index in [1.54, 1.807) is 13.1 Å². The van der Waals surface area contributed by atoms with Crippen LogP contribution in [-0.2, 0) is 11.3 Å². The minimum absolute atomic E-state index is 0.251. The van der Waals surface area contributed by atoms with Crippen molar-refractivity contribution >= 4 is 5.96 Å². The Hall–Kier alpha value is -1.86. The van der Waals surface area contributed by atoms with Gasteiger partial charge in [0.1, 0.15) is 0 Å². The number of halogens is 1. The highest BCUT2D eigenvalue weighted by Gasteiger charge is 2.23. The Balaban J connectivity index is 1.87. The number of rotatable bonds is 7. The summed E-state index contributed by atoms with van der Waals surface area (Å²) >= 11 is 0. The maximum absolute atomic E-state index is 13.8. The van der Waals surface area contributed by atoms with Gasteiger partial charge in [0, 0.05) is 39.3 Å². The van der Waals surface area contributed by atoms with E-state index in [0.29, 0.717) is 24.5 Å². The third-order valence-corrected chi connectivity index (χ3v) is 4.66. The summed E-state index contributed by atoms with van der Waals surface area (Å²) in [6.45, 7) is 9.26. The summed E-state index contributed by atoms with van der Waals surface area (Å²) in [5.74, 6) is 1.12. The molecule has 1 fully saturated rings. The number of ether oxygens (including phenoxy) is 2. The first kappa shape index (κ1) is 20.5. The highest BCUT2D eigenvalue weighted by atomic mass is 19.1. The van der Waals surface area contributed by atoms with Crippen molar-refractivity contribution in [2.75, 3.05) is 47.0 Å². The zero-order chi connectivity index (χ0) is 18.9. The van der Waals surface area contributed by atoms with Crippen molar-refractivity contribution in [3.63, 3.8) is 0 Å². The number of aliphatic imine (C=N–C) groups is 1. The van der Waals surface area contributed by atoms with Crippen LogP contribution < -0.4 is 15.4 Å². The Morgan fingerprint density at radius 2 is 2.04 bits per heavy atom. The molecule has 1 unspecified atom stereocenters. The van der Waals surface area contributed by atoms with E-state index in [2.05, 4.69) is 34.4 Å². The SMILES string of the molecule is CN=C(NCc1ccc(OC)c(F)c1)NCC(C(C)C)N1CCOCC1. The van der Waals surface area contributed by atoms with E-state index in [1.165, 1.54) is 13.2 Å². The normalized spacial score (nSPS) is 17.2. The lowest BCUT2D eigenvalue weighted by Gasteiger charge is -2.37. The molecule has 0 aromatic heterocycles. The molecule has 0 bridgehead atoms. The van der Waals surface area contributed by atoms with E-state index in [-0.39, 0.29) is 11.6 Å². The molecule has 1 aromatic rings. The lowest BCUT2D eigenvalue weighted by atomic mass is 10.0. The Bertz CT molecular complexity index is 589. The Kier molecular flexibility index (Phi) is 8.12. The molecule has 6 nitrogen and oxygen atoms in total. The van der Waals surface area contributed by atoms with Crippen LogP contribution >= 0.6 is 0 Å². The first-order chi connectivity index (χ1) is 12.5. The van der Waals surface area contributed by atoms with Crippen molar-refractivity contribution in [1.82, 2.24) is 15.5 Å². The average molecular weight is 366 g/mol. The molecule has 1 aliphatic heterocycles. The monoisotopic (exact) mass is 366 g/mol. The summed E-state index contributed by atoms with van der Waals surface area (Å²) in [4.78, 5) is 6.73. The highest BCUT2D eigenvalue weighted by molar-refractivity contribution is 5.79. The highest BCUT2D eigenvalue weighted by Crippen LogP contribution is 2.17. The summed E-state index contributed by atoms with van der Waals surface area (Å²) in [5, 5.41) is 6.63. The number of morpholine rings is 1. The van der Waals surface area contributed by atoms with Crippen LogP contribution in [0.15, 0.2) is 23.2 Å². The van der Waals surface area contributed by atoms with E-state index in [0.717, 1.165) is 38.4 Å². The van der Waals surface area contributed by atoms with Gasteiger partial charge >= 0.3 is 0 Å². The molecule has 0 radical (unpaired) electrons. The van der Waals surface area contributed by atoms with Crippen LogP contribution in [-0.4, -0.2) is 63.9 Å². The lowest BCUT2D eigenvalue weighted by Crippen LogP contribution is -2.52. The second-order valence-electron chi connectivity index (χ2n) is 6.74. The maximum Gasteiger partial charge on any atom is 0.191 e. The molecule has 0 spiro atoms. The van der Waals surface area contributed by atoms with Crippen LogP contribution in [0.2, 0.25) is 0 Å². The second kappa shape index (κ2) is 10.3. The largest absolute Gasteiger partial charge is 0.494 e. The standard InChI is InChI=1S/C19H31FN4O2/c1-14(2)17(24-7-9-26-10-8-24)13-23-19(21-3)22-12-15-5-6-18(25-4)16(20)11-15/h5-6,11,14,17H,7-10,12-13H2,1-4H3,(H2,21,22,23). The zero-order valence-electron chi connectivity index (χ0n) is 16.2. The van der Waals surface area contributed by atoms with Crippen molar-refractivity contribution in [2.24, 2.45) is 10.9 Å². The van der Waals surface area contributed by atoms with Crippen molar-refractivity contribution < 1.29 is 13.9 Å². The molecule has 2 rings (SSSR count). The van der Waals surface area contributed by atoms with Crippen molar-refractivity contribution in [2.45, 2.75) is 26.4 Å². The average Bonchev–Trinajstić information content (AvgIpc) is 2.65. The lowest BCUT2D eigenvalue weighted by molar-refractivity contribution is 0.00752. The van der Waals surface area contributed by atoms with Gasteiger partial charge in [0.2, 0.25) is 0 Å². The van der Waals surface area contributed by atoms with Gasteiger partial charge in [0.05, 0.1) is 20.3 Å². The Labute approximate surface area is 155 Å². The summed E-state index contributed by atoms with van der Waals surface area (Å²) in [6.07, 6.45) is 0. The quantitative estimate of drug-likeness (QED) is 0.570. The van der Waals surface area contributed by atoms with Crippen LogP contribution in [0, 0.1) is 11.7 Å². The summed E-state index contributed by atoms with van der Waals surface area (Å²) < 4.78 is 24.2. The van der Waals surface area contributed by atoms with Crippen molar-refractivity contribution in [3.05, 3.63) is 29.6 Å². The molecule has 7 heteroatoms. The molecule has 0 amide bonds. The van der Waals surface area contributed by atoms with Crippen LogP contribution in [0.25, 0.3) is 0 Å². The zero-order valence-corrected chi connectivity index (χ0v) is 16.2. The fourth-order valence-electron chi connectivity index (χ4n) is 3.12. The molecule has 1 atom stereocenters. The fourth-order valence-corrected chi connectivity index (χ4v) is 3.12. The molecule has 1 heterocycles. The number of methoxy groups -OCH3 is 1.